The van der Waals surface area contributed by atoms with Gasteiger partial charge in [0.1, 0.15) is 5.82 Å². The minimum atomic E-state index is 0.0953. The maximum Gasteiger partial charge on any atom is 0.232 e. The summed E-state index contributed by atoms with van der Waals surface area (Å²) in [5, 5.41) is 3.43. The van der Waals surface area contributed by atoms with Crippen LogP contribution in [0.4, 0.5) is 5.82 Å². The Bertz CT molecular complexity index is 313. The summed E-state index contributed by atoms with van der Waals surface area (Å²) in [5.41, 5.74) is 0.0953. The van der Waals surface area contributed by atoms with Gasteiger partial charge in [-0.3, -0.25) is 0 Å². The molecule has 16 heavy (non-hydrogen) atoms. The number of methoxy groups -OCH3 is 1. The fraction of sp³-hybridized carbons (Fsp3) is 0.667. The van der Waals surface area contributed by atoms with Crippen molar-refractivity contribution in [1.82, 2.24) is 9.97 Å². The monoisotopic (exact) mass is 223 g/mol. The number of hydrogen-bond donors (Lipinski definition) is 1. The molecule has 0 radical (unpaired) electrons. The first-order chi connectivity index (χ1) is 7.63. The van der Waals surface area contributed by atoms with Crippen LogP contribution in [0.25, 0.3) is 0 Å². The second-order valence-corrected chi connectivity index (χ2v) is 4.23. The summed E-state index contributed by atoms with van der Waals surface area (Å²) < 4.78 is 4.97. The van der Waals surface area contributed by atoms with E-state index in [2.05, 4.69) is 36.1 Å². The van der Waals surface area contributed by atoms with Crippen LogP contribution in [0.3, 0.4) is 0 Å². The first-order valence-electron chi connectivity index (χ1n) is 5.77. The SMILES string of the molecule is CCCC(C)(CC)Nc1cnc(OC)cn1. The molecule has 1 aromatic rings. The molecule has 0 aliphatic heterocycles. The molecule has 0 saturated carbocycles. The predicted molar refractivity (Wildman–Crippen MR) is 65.8 cm³/mol. The van der Waals surface area contributed by atoms with Crippen molar-refractivity contribution in [3.05, 3.63) is 12.4 Å². The Morgan fingerprint density at radius 3 is 2.50 bits per heavy atom. The fourth-order valence-corrected chi connectivity index (χ4v) is 1.67. The Balaban J connectivity index is 2.70. The lowest BCUT2D eigenvalue weighted by Crippen LogP contribution is -2.34. The van der Waals surface area contributed by atoms with E-state index in [1.807, 2.05) is 0 Å². The number of aromatic nitrogens is 2. The minimum absolute atomic E-state index is 0.0953. The fourth-order valence-electron chi connectivity index (χ4n) is 1.67. The standard InChI is InChI=1S/C12H21N3O/c1-5-7-12(3,6-2)15-10-8-14-11(16-4)9-13-10/h8-9H,5-7H2,1-4H3,(H,13,15). The Hall–Kier alpha value is -1.32. The van der Waals surface area contributed by atoms with Crippen molar-refractivity contribution in [2.45, 2.75) is 45.6 Å². The van der Waals surface area contributed by atoms with E-state index in [9.17, 15) is 0 Å². The van der Waals surface area contributed by atoms with Crippen LogP contribution < -0.4 is 10.1 Å². The first-order valence-corrected chi connectivity index (χ1v) is 5.77. The molecule has 4 nitrogen and oxygen atoms in total. The highest BCUT2D eigenvalue weighted by molar-refractivity contribution is 5.35. The summed E-state index contributed by atoms with van der Waals surface area (Å²) in [4.78, 5) is 8.39. The molecular formula is C12H21N3O. The summed E-state index contributed by atoms with van der Waals surface area (Å²) in [6.07, 6.45) is 6.68. The largest absolute Gasteiger partial charge is 0.480 e. The van der Waals surface area contributed by atoms with Crippen molar-refractivity contribution in [2.75, 3.05) is 12.4 Å². The van der Waals surface area contributed by atoms with Crippen LogP contribution in [0.1, 0.15) is 40.0 Å². The summed E-state index contributed by atoms with van der Waals surface area (Å²) in [7, 11) is 1.59. The summed E-state index contributed by atoms with van der Waals surface area (Å²) >= 11 is 0. The number of rotatable bonds is 6. The lowest BCUT2D eigenvalue weighted by atomic mass is 9.93. The van der Waals surface area contributed by atoms with Crippen molar-refractivity contribution in [3.63, 3.8) is 0 Å². The zero-order valence-corrected chi connectivity index (χ0v) is 10.6. The molecule has 1 atom stereocenters. The van der Waals surface area contributed by atoms with Gasteiger partial charge in [-0.15, -0.1) is 0 Å². The summed E-state index contributed by atoms with van der Waals surface area (Å²) in [6.45, 7) is 6.58. The van der Waals surface area contributed by atoms with Gasteiger partial charge in [-0.25, -0.2) is 9.97 Å². The molecule has 1 unspecified atom stereocenters. The van der Waals surface area contributed by atoms with E-state index >= 15 is 0 Å². The number of hydrogen-bond acceptors (Lipinski definition) is 4. The average molecular weight is 223 g/mol. The van der Waals surface area contributed by atoms with Gasteiger partial charge in [0.25, 0.3) is 0 Å². The van der Waals surface area contributed by atoms with Crippen LogP contribution in [-0.2, 0) is 0 Å². The molecule has 1 N–H and O–H groups in total. The van der Waals surface area contributed by atoms with E-state index < -0.39 is 0 Å². The highest BCUT2D eigenvalue weighted by atomic mass is 16.5. The average Bonchev–Trinajstić information content (AvgIpc) is 2.30. The third kappa shape index (κ3) is 3.36. The van der Waals surface area contributed by atoms with Crippen molar-refractivity contribution in [2.24, 2.45) is 0 Å². The molecule has 0 aliphatic rings. The molecule has 1 aromatic heterocycles. The van der Waals surface area contributed by atoms with E-state index in [4.69, 9.17) is 4.74 Å². The molecular weight excluding hydrogens is 202 g/mol. The molecule has 0 amide bonds. The number of nitrogens with one attached hydrogen (secondary N) is 1. The van der Waals surface area contributed by atoms with Gasteiger partial charge in [-0.05, 0) is 19.8 Å². The van der Waals surface area contributed by atoms with E-state index in [-0.39, 0.29) is 5.54 Å². The molecule has 90 valence electrons. The van der Waals surface area contributed by atoms with Crippen LogP contribution in [0.15, 0.2) is 12.4 Å². The Labute approximate surface area is 97.5 Å². The lowest BCUT2D eigenvalue weighted by molar-refractivity contribution is 0.395. The molecule has 1 rings (SSSR count). The van der Waals surface area contributed by atoms with Crippen molar-refractivity contribution in [1.29, 1.82) is 0 Å². The van der Waals surface area contributed by atoms with Crippen molar-refractivity contribution < 1.29 is 4.74 Å². The molecule has 1 heterocycles. The topological polar surface area (TPSA) is 47.0 Å². The number of anilines is 1. The Morgan fingerprint density at radius 2 is 2.06 bits per heavy atom. The van der Waals surface area contributed by atoms with Gasteiger partial charge in [-0.1, -0.05) is 20.3 Å². The molecule has 0 fully saturated rings. The number of nitrogens with zero attached hydrogens (tertiary/aromatic N) is 2. The van der Waals surface area contributed by atoms with Gasteiger partial charge in [0.05, 0.1) is 19.5 Å². The third-order valence-electron chi connectivity index (χ3n) is 2.85. The maximum atomic E-state index is 4.97. The molecule has 0 saturated heterocycles. The highest BCUT2D eigenvalue weighted by Gasteiger charge is 2.20. The van der Waals surface area contributed by atoms with Crippen molar-refractivity contribution >= 4 is 5.82 Å². The normalized spacial score (nSPS) is 14.2. The Kier molecular flexibility index (Phi) is 4.52. The van der Waals surface area contributed by atoms with Gasteiger partial charge < -0.3 is 10.1 Å². The van der Waals surface area contributed by atoms with Crippen LogP contribution in [0, 0.1) is 0 Å². The van der Waals surface area contributed by atoms with Gasteiger partial charge in [0.2, 0.25) is 5.88 Å². The second-order valence-electron chi connectivity index (χ2n) is 4.23. The van der Waals surface area contributed by atoms with Crippen LogP contribution >= 0.6 is 0 Å². The summed E-state index contributed by atoms with van der Waals surface area (Å²) in [5.74, 6) is 1.35. The van der Waals surface area contributed by atoms with E-state index in [1.54, 1.807) is 19.5 Å². The molecule has 4 heteroatoms. The molecule has 0 spiro atoms. The predicted octanol–water partition coefficient (Wildman–Crippen LogP) is 2.87. The zero-order chi connectivity index (χ0) is 12.0. The smallest absolute Gasteiger partial charge is 0.232 e. The van der Waals surface area contributed by atoms with Gasteiger partial charge in [0, 0.05) is 5.54 Å². The molecule has 0 aromatic carbocycles. The van der Waals surface area contributed by atoms with Crippen molar-refractivity contribution in [3.8, 4) is 5.88 Å². The van der Waals surface area contributed by atoms with Crippen LogP contribution in [0.2, 0.25) is 0 Å². The van der Waals surface area contributed by atoms with Gasteiger partial charge in [-0.2, -0.15) is 0 Å². The highest BCUT2D eigenvalue weighted by Crippen LogP contribution is 2.22. The molecule has 0 aliphatic carbocycles. The maximum absolute atomic E-state index is 4.97. The lowest BCUT2D eigenvalue weighted by Gasteiger charge is -2.29. The minimum Gasteiger partial charge on any atom is -0.480 e. The third-order valence-corrected chi connectivity index (χ3v) is 2.85. The quantitative estimate of drug-likeness (QED) is 0.805. The van der Waals surface area contributed by atoms with E-state index in [1.165, 1.54) is 0 Å². The summed E-state index contributed by atoms with van der Waals surface area (Å²) in [6, 6.07) is 0. The first kappa shape index (κ1) is 12.7. The van der Waals surface area contributed by atoms with E-state index in [0.29, 0.717) is 5.88 Å². The van der Waals surface area contributed by atoms with Gasteiger partial charge in [0.15, 0.2) is 0 Å². The van der Waals surface area contributed by atoms with Gasteiger partial charge >= 0.3 is 0 Å². The Morgan fingerprint density at radius 1 is 1.31 bits per heavy atom. The van der Waals surface area contributed by atoms with E-state index in [0.717, 1.165) is 25.1 Å². The van der Waals surface area contributed by atoms with Crippen LogP contribution in [-0.4, -0.2) is 22.6 Å². The van der Waals surface area contributed by atoms with Crippen LogP contribution in [0.5, 0.6) is 5.88 Å². The molecule has 0 bridgehead atoms. The zero-order valence-electron chi connectivity index (χ0n) is 10.6. The number of ether oxygens (including phenoxy) is 1. The second kappa shape index (κ2) is 5.68.